The molecule has 0 atom stereocenters. The van der Waals surface area contributed by atoms with Crippen LogP contribution in [0.25, 0.3) is 0 Å². The maximum atomic E-state index is 12.8. The lowest BCUT2D eigenvalue weighted by molar-refractivity contribution is -0.137. The molecule has 0 aliphatic rings. The van der Waals surface area contributed by atoms with E-state index in [4.69, 9.17) is 4.74 Å². The van der Waals surface area contributed by atoms with Gasteiger partial charge in [0.15, 0.2) is 6.61 Å². The van der Waals surface area contributed by atoms with E-state index in [2.05, 4.69) is 37.1 Å². The molecule has 0 heterocycles. The Morgan fingerprint density at radius 2 is 1.51 bits per heavy atom. The summed E-state index contributed by atoms with van der Waals surface area (Å²) in [5.74, 6) is -0.788. The third-order valence-electron chi connectivity index (χ3n) is 5.06. The van der Waals surface area contributed by atoms with Gasteiger partial charge in [-0.05, 0) is 78.7 Å². The Morgan fingerprint density at radius 3 is 2.21 bits per heavy atom. The van der Waals surface area contributed by atoms with Crippen LogP contribution in [0, 0.1) is 0 Å². The van der Waals surface area contributed by atoms with Crippen LogP contribution in [-0.4, -0.2) is 30.5 Å². The Labute approximate surface area is 230 Å². The SMILES string of the molecule is O=C(CCCC(=O)Nc1ccc(Br)cc1)N/N=C\c1ccc(OCC(=O)Nc2cccc(C(F)(F)F)c2)cc1. The molecule has 3 rings (SSSR count). The fraction of sp³-hybridized carbons (Fsp3) is 0.185. The van der Waals surface area contributed by atoms with Gasteiger partial charge in [-0.2, -0.15) is 18.3 Å². The number of amides is 3. The van der Waals surface area contributed by atoms with Crippen LogP contribution in [0.1, 0.15) is 30.4 Å². The van der Waals surface area contributed by atoms with Crippen molar-refractivity contribution < 1.29 is 32.3 Å². The molecular formula is C27H24BrF3N4O4. The maximum Gasteiger partial charge on any atom is 0.416 e. The van der Waals surface area contributed by atoms with Crippen molar-refractivity contribution in [1.82, 2.24) is 5.43 Å². The summed E-state index contributed by atoms with van der Waals surface area (Å²) in [5.41, 5.74) is 2.85. The monoisotopic (exact) mass is 604 g/mol. The van der Waals surface area contributed by atoms with E-state index in [-0.39, 0.29) is 30.3 Å². The average molecular weight is 605 g/mol. The lowest BCUT2D eigenvalue weighted by Gasteiger charge is -2.10. The number of hydrogen-bond donors (Lipinski definition) is 3. The number of hydrazone groups is 1. The van der Waals surface area contributed by atoms with E-state index in [0.717, 1.165) is 16.6 Å². The molecule has 3 amide bonds. The largest absolute Gasteiger partial charge is 0.484 e. The summed E-state index contributed by atoms with van der Waals surface area (Å²) in [6.07, 6.45) is -2.42. The molecule has 12 heteroatoms. The van der Waals surface area contributed by atoms with E-state index >= 15 is 0 Å². The minimum absolute atomic E-state index is 0.0102. The summed E-state index contributed by atoms with van der Waals surface area (Å²) in [6, 6.07) is 17.9. The third kappa shape index (κ3) is 10.6. The lowest BCUT2D eigenvalue weighted by Crippen LogP contribution is -2.20. The summed E-state index contributed by atoms with van der Waals surface area (Å²) in [7, 11) is 0. The van der Waals surface area contributed by atoms with Crippen molar-refractivity contribution in [3.8, 4) is 5.75 Å². The number of nitrogens with one attached hydrogen (secondary N) is 3. The molecule has 204 valence electrons. The number of carbonyl (C=O) groups is 3. The minimum atomic E-state index is -4.51. The molecule has 3 aromatic carbocycles. The highest BCUT2D eigenvalue weighted by atomic mass is 79.9. The van der Waals surface area contributed by atoms with Crippen LogP contribution in [0.4, 0.5) is 24.5 Å². The smallest absolute Gasteiger partial charge is 0.416 e. The van der Waals surface area contributed by atoms with Crippen molar-refractivity contribution in [2.45, 2.75) is 25.4 Å². The standard InChI is InChI=1S/C27H24BrF3N4O4/c28-20-9-11-21(12-10-20)33-24(36)5-2-6-25(37)35-32-16-18-7-13-23(14-8-18)39-17-26(38)34-22-4-1-3-19(15-22)27(29,30)31/h1,3-4,7-16H,2,5-6,17H2,(H,33,36)(H,34,38)(H,35,37)/b32-16-. The number of benzene rings is 3. The maximum absolute atomic E-state index is 12.8. The van der Waals surface area contributed by atoms with Gasteiger partial charge in [-0.1, -0.05) is 22.0 Å². The molecule has 0 fully saturated rings. The van der Waals surface area contributed by atoms with Gasteiger partial charge in [-0.3, -0.25) is 14.4 Å². The van der Waals surface area contributed by atoms with Crippen molar-refractivity contribution >= 4 is 51.2 Å². The van der Waals surface area contributed by atoms with Crippen LogP contribution >= 0.6 is 15.9 Å². The first-order valence-electron chi connectivity index (χ1n) is 11.7. The summed E-state index contributed by atoms with van der Waals surface area (Å²) in [4.78, 5) is 35.9. The van der Waals surface area contributed by atoms with Crippen LogP contribution in [0.15, 0.2) is 82.4 Å². The van der Waals surface area contributed by atoms with Gasteiger partial charge in [0, 0.05) is 28.7 Å². The predicted octanol–water partition coefficient (Wildman–Crippen LogP) is 5.74. The Balaban J connectivity index is 1.34. The van der Waals surface area contributed by atoms with Crippen molar-refractivity contribution in [2.75, 3.05) is 17.2 Å². The van der Waals surface area contributed by atoms with Gasteiger partial charge >= 0.3 is 6.18 Å². The fourth-order valence-electron chi connectivity index (χ4n) is 3.17. The Hall–Kier alpha value is -4.19. The Morgan fingerprint density at radius 1 is 0.846 bits per heavy atom. The number of alkyl halides is 3. The van der Waals surface area contributed by atoms with Gasteiger partial charge in [-0.15, -0.1) is 0 Å². The first kappa shape index (κ1) is 29.4. The van der Waals surface area contributed by atoms with Crippen molar-refractivity contribution in [3.05, 3.63) is 88.4 Å². The van der Waals surface area contributed by atoms with E-state index < -0.39 is 24.3 Å². The van der Waals surface area contributed by atoms with Crippen LogP contribution in [0.3, 0.4) is 0 Å². The zero-order chi connectivity index (χ0) is 28.3. The van der Waals surface area contributed by atoms with Crippen LogP contribution in [-0.2, 0) is 20.6 Å². The van der Waals surface area contributed by atoms with E-state index in [9.17, 15) is 27.6 Å². The number of carbonyl (C=O) groups excluding carboxylic acids is 3. The molecule has 3 N–H and O–H groups in total. The number of hydrogen-bond acceptors (Lipinski definition) is 5. The average Bonchev–Trinajstić information content (AvgIpc) is 2.89. The van der Waals surface area contributed by atoms with Crippen molar-refractivity contribution in [1.29, 1.82) is 0 Å². The summed E-state index contributed by atoms with van der Waals surface area (Å²) in [5, 5.41) is 8.99. The second-order valence-electron chi connectivity index (χ2n) is 8.19. The van der Waals surface area contributed by atoms with Gasteiger partial charge in [-0.25, -0.2) is 5.43 Å². The molecule has 0 aliphatic heterocycles. The molecule has 0 aliphatic carbocycles. The molecule has 0 unspecified atom stereocenters. The van der Waals surface area contributed by atoms with Gasteiger partial charge in [0.1, 0.15) is 5.75 Å². The van der Waals surface area contributed by atoms with Gasteiger partial charge < -0.3 is 15.4 Å². The zero-order valence-electron chi connectivity index (χ0n) is 20.4. The van der Waals surface area contributed by atoms with E-state index in [0.29, 0.717) is 23.4 Å². The normalized spacial score (nSPS) is 11.2. The predicted molar refractivity (Wildman–Crippen MR) is 144 cm³/mol. The molecule has 0 bridgehead atoms. The molecular weight excluding hydrogens is 581 g/mol. The topological polar surface area (TPSA) is 109 Å². The second kappa shape index (κ2) is 14.1. The molecule has 8 nitrogen and oxygen atoms in total. The molecule has 0 radical (unpaired) electrons. The van der Waals surface area contributed by atoms with E-state index in [1.54, 1.807) is 36.4 Å². The molecule has 0 aromatic heterocycles. The van der Waals surface area contributed by atoms with Crippen molar-refractivity contribution in [3.63, 3.8) is 0 Å². The molecule has 0 spiro atoms. The third-order valence-corrected chi connectivity index (χ3v) is 5.59. The van der Waals surface area contributed by atoms with Gasteiger partial charge in [0.2, 0.25) is 11.8 Å². The molecule has 0 saturated carbocycles. The summed E-state index contributed by atoms with van der Waals surface area (Å²) < 4.78 is 44.6. The first-order chi connectivity index (χ1) is 18.6. The Kier molecular flexibility index (Phi) is 10.6. The van der Waals surface area contributed by atoms with Crippen molar-refractivity contribution in [2.24, 2.45) is 5.10 Å². The van der Waals surface area contributed by atoms with Gasteiger partial charge in [0.05, 0.1) is 11.8 Å². The second-order valence-corrected chi connectivity index (χ2v) is 9.10. The molecule has 39 heavy (non-hydrogen) atoms. The number of ether oxygens (including phenoxy) is 1. The quantitative estimate of drug-likeness (QED) is 0.191. The first-order valence-corrected chi connectivity index (χ1v) is 12.4. The van der Waals surface area contributed by atoms with Crippen LogP contribution < -0.4 is 20.8 Å². The number of halogens is 4. The van der Waals surface area contributed by atoms with Crippen LogP contribution in [0.5, 0.6) is 5.75 Å². The minimum Gasteiger partial charge on any atom is -0.484 e. The lowest BCUT2D eigenvalue weighted by atomic mass is 10.2. The number of anilines is 2. The zero-order valence-corrected chi connectivity index (χ0v) is 22.0. The highest BCUT2D eigenvalue weighted by Gasteiger charge is 2.30. The Bertz CT molecular complexity index is 1310. The van der Waals surface area contributed by atoms with E-state index in [1.807, 2.05) is 12.1 Å². The highest BCUT2D eigenvalue weighted by Crippen LogP contribution is 2.30. The molecule has 3 aromatic rings. The summed E-state index contributed by atoms with van der Waals surface area (Å²) >= 11 is 3.32. The highest BCUT2D eigenvalue weighted by molar-refractivity contribution is 9.10. The summed E-state index contributed by atoms with van der Waals surface area (Å²) in [6.45, 7) is -0.402. The van der Waals surface area contributed by atoms with E-state index in [1.165, 1.54) is 18.3 Å². The number of rotatable bonds is 11. The van der Waals surface area contributed by atoms with Gasteiger partial charge in [0.25, 0.3) is 5.91 Å². The molecule has 0 saturated heterocycles. The fourth-order valence-corrected chi connectivity index (χ4v) is 3.43. The van der Waals surface area contributed by atoms with Crippen LogP contribution in [0.2, 0.25) is 0 Å². The number of nitrogens with zero attached hydrogens (tertiary/aromatic N) is 1.